The zero-order chi connectivity index (χ0) is 30.2. The minimum absolute atomic E-state index is 0. The highest BCUT2D eigenvalue weighted by Crippen LogP contribution is 2.30. The maximum atomic E-state index is 13.7. The van der Waals surface area contributed by atoms with Crippen molar-refractivity contribution < 1.29 is 55.1 Å². The Hall–Kier alpha value is -3.24. The number of methoxy groups -OCH3 is 2. The summed E-state index contributed by atoms with van der Waals surface area (Å²) in [5.74, 6) is -1.77. The van der Waals surface area contributed by atoms with E-state index in [1.54, 1.807) is 29.2 Å². The van der Waals surface area contributed by atoms with Gasteiger partial charge in [-0.05, 0) is 80.8 Å². The SMILES string of the molecule is COC(=O)c1cc(C2CCN(C(=O)OC(C)(C)C)CC2)ccc1F.COC(=O)c1cc(C2CC[NH2+]CC2)ccc1F.[Cl-]. The Morgan fingerprint density at radius 1 is 0.786 bits per heavy atom. The smallest absolute Gasteiger partial charge is 0.410 e. The molecule has 4 rings (SSSR count). The van der Waals surface area contributed by atoms with Gasteiger partial charge in [0, 0.05) is 25.9 Å². The number of amides is 1. The summed E-state index contributed by atoms with van der Waals surface area (Å²) in [7, 11) is 2.50. The molecule has 8 nitrogen and oxygen atoms in total. The van der Waals surface area contributed by atoms with Gasteiger partial charge >= 0.3 is 18.0 Å². The highest BCUT2D eigenvalue weighted by atomic mass is 35.5. The second-order valence-electron chi connectivity index (χ2n) is 11.3. The third-order valence-electron chi connectivity index (χ3n) is 7.32. The van der Waals surface area contributed by atoms with Gasteiger partial charge in [-0.15, -0.1) is 0 Å². The third-order valence-corrected chi connectivity index (χ3v) is 7.32. The average Bonchev–Trinajstić information content (AvgIpc) is 2.97. The maximum absolute atomic E-state index is 13.7. The minimum atomic E-state index is -0.680. The van der Waals surface area contributed by atoms with Gasteiger partial charge in [0.05, 0.1) is 38.4 Å². The van der Waals surface area contributed by atoms with Crippen molar-refractivity contribution in [2.75, 3.05) is 40.4 Å². The molecule has 0 saturated carbocycles. The van der Waals surface area contributed by atoms with E-state index in [9.17, 15) is 23.2 Å². The van der Waals surface area contributed by atoms with Gasteiger partial charge in [-0.2, -0.15) is 0 Å². The van der Waals surface area contributed by atoms with Crippen LogP contribution >= 0.6 is 0 Å². The van der Waals surface area contributed by atoms with Crippen LogP contribution in [0.4, 0.5) is 13.6 Å². The Kier molecular flexibility index (Phi) is 13.2. The largest absolute Gasteiger partial charge is 1.00 e. The number of hydrogen-bond acceptors (Lipinski definition) is 6. The summed E-state index contributed by atoms with van der Waals surface area (Å²) in [6.45, 7) is 8.85. The van der Waals surface area contributed by atoms with E-state index in [-0.39, 0.29) is 35.5 Å². The first-order valence-corrected chi connectivity index (χ1v) is 14.0. The molecule has 2 N–H and O–H groups in total. The zero-order valence-electron chi connectivity index (χ0n) is 24.9. The standard InChI is InChI=1S/C18H24FNO4.C13H16FNO2.ClH/c1-18(2,3)24-17(22)20-9-7-12(8-10-20)13-5-6-15(19)14(11-13)16(21)23-4;1-17-13(16)11-8-10(2-3-12(11)14)9-4-6-15-7-5-9;/h5-6,11-12H,7-10H2,1-4H3;2-3,8-9,15H,4-7H2,1H3;1H. The summed E-state index contributed by atoms with van der Waals surface area (Å²) in [5.41, 5.74) is 1.41. The summed E-state index contributed by atoms with van der Waals surface area (Å²) in [6, 6.07) is 9.31. The summed E-state index contributed by atoms with van der Waals surface area (Å²) in [4.78, 5) is 36.8. The number of likely N-dealkylation sites (tertiary alicyclic amines) is 1. The predicted octanol–water partition coefficient (Wildman–Crippen LogP) is 1.78. The van der Waals surface area contributed by atoms with E-state index in [0.29, 0.717) is 19.0 Å². The number of esters is 2. The summed E-state index contributed by atoms with van der Waals surface area (Å²) < 4.78 is 41.8. The molecule has 2 aliphatic heterocycles. The molecule has 2 aliphatic rings. The Morgan fingerprint density at radius 3 is 1.62 bits per heavy atom. The number of carbonyl (C=O) groups excluding carboxylic acids is 3. The topological polar surface area (TPSA) is 98.8 Å². The molecule has 2 aromatic carbocycles. The zero-order valence-corrected chi connectivity index (χ0v) is 25.6. The Morgan fingerprint density at radius 2 is 1.21 bits per heavy atom. The van der Waals surface area contributed by atoms with Crippen LogP contribution in [-0.4, -0.2) is 68.9 Å². The fourth-order valence-corrected chi connectivity index (χ4v) is 5.11. The summed E-state index contributed by atoms with van der Waals surface area (Å²) in [6.07, 6.45) is 3.32. The van der Waals surface area contributed by atoms with Gasteiger partial charge in [0.15, 0.2) is 0 Å². The molecule has 42 heavy (non-hydrogen) atoms. The van der Waals surface area contributed by atoms with Crippen molar-refractivity contribution in [1.82, 2.24) is 4.90 Å². The molecule has 0 bridgehead atoms. The molecule has 0 unspecified atom stereocenters. The third kappa shape index (κ3) is 9.66. The first kappa shape index (κ1) is 35.0. The molecule has 2 saturated heterocycles. The van der Waals surface area contributed by atoms with Crippen LogP contribution in [0.25, 0.3) is 0 Å². The van der Waals surface area contributed by atoms with Gasteiger partial charge in [-0.1, -0.05) is 12.1 Å². The average molecular weight is 611 g/mol. The van der Waals surface area contributed by atoms with Crippen LogP contribution in [0.1, 0.15) is 90.1 Å². The van der Waals surface area contributed by atoms with Crippen LogP contribution < -0.4 is 17.7 Å². The van der Waals surface area contributed by atoms with Crippen molar-refractivity contribution in [3.05, 3.63) is 70.3 Å². The van der Waals surface area contributed by atoms with Crippen LogP contribution in [0.5, 0.6) is 0 Å². The Labute approximate surface area is 252 Å². The van der Waals surface area contributed by atoms with Crippen molar-refractivity contribution in [2.45, 2.75) is 63.9 Å². The molecule has 1 amide bonds. The van der Waals surface area contributed by atoms with Gasteiger partial charge in [0.2, 0.25) is 0 Å². The molecule has 232 valence electrons. The highest BCUT2D eigenvalue weighted by molar-refractivity contribution is 5.90. The van der Waals surface area contributed by atoms with E-state index < -0.39 is 29.2 Å². The number of carbonyl (C=O) groups is 3. The molecule has 2 heterocycles. The van der Waals surface area contributed by atoms with Crippen LogP contribution in [0.3, 0.4) is 0 Å². The van der Waals surface area contributed by atoms with Crippen molar-refractivity contribution in [3.63, 3.8) is 0 Å². The van der Waals surface area contributed by atoms with Gasteiger partial charge in [0.25, 0.3) is 0 Å². The van der Waals surface area contributed by atoms with E-state index in [2.05, 4.69) is 14.8 Å². The molecule has 0 spiro atoms. The number of benzene rings is 2. The Balaban J connectivity index is 0.000000302. The molecular weight excluding hydrogens is 570 g/mol. The fraction of sp³-hybridized carbons (Fsp3) is 0.516. The minimum Gasteiger partial charge on any atom is -1.00 e. The Bertz CT molecular complexity index is 1220. The van der Waals surface area contributed by atoms with Crippen molar-refractivity contribution in [1.29, 1.82) is 0 Å². The predicted molar refractivity (Wildman–Crippen MR) is 149 cm³/mol. The van der Waals surface area contributed by atoms with Gasteiger partial charge in [0.1, 0.15) is 17.2 Å². The normalized spacial score (nSPS) is 15.9. The lowest BCUT2D eigenvalue weighted by molar-refractivity contribution is -0.663. The lowest BCUT2D eigenvalue weighted by Gasteiger charge is -2.33. The lowest BCUT2D eigenvalue weighted by atomic mass is 9.88. The molecule has 0 aromatic heterocycles. The monoisotopic (exact) mass is 610 g/mol. The number of rotatable bonds is 4. The van der Waals surface area contributed by atoms with E-state index in [1.807, 2.05) is 20.8 Å². The van der Waals surface area contributed by atoms with E-state index in [4.69, 9.17) is 4.74 Å². The number of nitrogens with two attached hydrogens (primary N) is 1. The van der Waals surface area contributed by atoms with E-state index >= 15 is 0 Å². The highest BCUT2D eigenvalue weighted by Gasteiger charge is 2.28. The second kappa shape index (κ2) is 15.8. The lowest BCUT2D eigenvalue weighted by Crippen LogP contribution is -3.00. The van der Waals surface area contributed by atoms with E-state index in [0.717, 1.165) is 49.9 Å². The van der Waals surface area contributed by atoms with Crippen LogP contribution in [-0.2, 0) is 14.2 Å². The molecule has 11 heteroatoms. The fourth-order valence-electron chi connectivity index (χ4n) is 5.11. The van der Waals surface area contributed by atoms with Crippen molar-refractivity contribution in [2.24, 2.45) is 0 Å². The quantitative estimate of drug-likeness (QED) is 0.419. The number of ether oxygens (including phenoxy) is 3. The molecular formula is C31H41ClF2N2O6. The van der Waals surface area contributed by atoms with Crippen LogP contribution in [0.2, 0.25) is 0 Å². The van der Waals surface area contributed by atoms with Crippen molar-refractivity contribution >= 4 is 18.0 Å². The van der Waals surface area contributed by atoms with Crippen LogP contribution in [0, 0.1) is 11.6 Å². The molecule has 0 atom stereocenters. The first-order chi connectivity index (χ1) is 19.4. The van der Waals surface area contributed by atoms with E-state index in [1.165, 1.54) is 26.4 Å². The summed E-state index contributed by atoms with van der Waals surface area (Å²) in [5, 5.41) is 2.28. The molecule has 2 fully saturated rings. The number of hydrogen-bond donors (Lipinski definition) is 1. The maximum Gasteiger partial charge on any atom is 0.410 e. The van der Waals surface area contributed by atoms with Gasteiger partial charge < -0.3 is 36.8 Å². The first-order valence-electron chi connectivity index (χ1n) is 14.0. The molecule has 2 aromatic rings. The van der Waals surface area contributed by atoms with Gasteiger partial charge in [-0.25, -0.2) is 23.2 Å². The van der Waals surface area contributed by atoms with Crippen LogP contribution in [0.15, 0.2) is 36.4 Å². The molecule has 0 radical (unpaired) electrons. The second-order valence-corrected chi connectivity index (χ2v) is 11.3. The summed E-state index contributed by atoms with van der Waals surface area (Å²) >= 11 is 0. The number of quaternary nitrogens is 1. The number of piperidine rings is 2. The number of nitrogens with zero attached hydrogens (tertiary/aromatic N) is 1. The molecule has 0 aliphatic carbocycles. The number of halogens is 3. The van der Waals surface area contributed by atoms with Gasteiger partial charge in [-0.3, -0.25) is 0 Å². The van der Waals surface area contributed by atoms with Crippen molar-refractivity contribution in [3.8, 4) is 0 Å².